The van der Waals surface area contributed by atoms with Crippen LogP contribution in [0.2, 0.25) is 0 Å². The molecule has 4 heterocycles. The van der Waals surface area contributed by atoms with Crippen LogP contribution in [0.3, 0.4) is 0 Å². The van der Waals surface area contributed by atoms with E-state index in [9.17, 15) is 8.78 Å². The number of anilines is 2. The van der Waals surface area contributed by atoms with E-state index in [1.54, 1.807) is 6.20 Å². The topological polar surface area (TPSA) is 72.4 Å². The number of rotatable bonds is 5. The summed E-state index contributed by atoms with van der Waals surface area (Å²) >= 11 is 0. The average Bonchev–Trinajstić information content (AvgIpc) is 3.29. The van der Waals surface area contributed by atoms with Crippen molar-refractivity contribution in [2.45, 2.75) is 38.3 Å². The fraction of sp³-hybridized carbons (Fsp3) is 0.435. The summed E-state index contributed by atoms with van der Waals surface area (Å²) in [6.07, 6.45) is 3.90. The molecule has 9 heteroatoms. The monoisotopic (exact) mass is 441 g/mol. The van der Waals surface area contributed by atoms with Gasteiger partial charge in [-0.05, 0) is 31.5 Å². The van der Waals surface area contributed by atoms with E-state index >= 15 is 0 Å². The first-order chi connectivity index (χ1) is 15.5. The summed E-state index contributed by atoms with van der Waals surface area (Å²) in [6.45, 7) is 4.68. The van der Waals surface area contributed by atoms with Crippen LogP contribution in [0, 0.1) is 18.6 Å². The number of aromatic nitrogens is 3. The molecule has 0 radical (unpaired) electrons. The summed E-state index contributed by atoms with van der Waals surface area (Å²) in [5.41, 5.74) is 2.43. The molecule has 2 fully saturated rings. The summed E-state index contributed by atoms with van der Waals surface area (Å²) in [6, 6.07) is 5.52. The summed E-state index contributed by atoms with van der Waals surface area (Å²) in [4.78, 5) is 16.3. The van der Waals surface area contributed by atoms with Crippen LogP contribution >= 0.6 is 0 Å². The first-order valence-electron chi connectivity index (χ1n) is 10.9. The number of fused-ring (bicyclic) bond motifs is 1. The Labute approximate surface area is 184 Å². The van der Waals surface area contributed by atoms with E-state index in [1.807, 2.05) is 13.0 Å². The minimum Gasteiger partial charge on any atom is -0.487 e. The second kappa shape index (κ2) is 8.82. The van der Waals surface area contributed by atoms with Gasteiger partial charge in [0.1, 0.15) is 17.4 Å². The molecule has 0 spiro atoms. The summed E-state index contributed by atoms with van der Waals surface area (Å²) < 4.78 is 38.4. The molecule has 0 bridgehead atoms. The number of hydrogen-bond donors (Lipinski definition) is 1. The molecule has 3 aromatic rings. The standard InChI is InChI=1S/C23H25F2N5O2/c1-14-10-19-20(12-26-14)29-23(22(28-19)27-16-6-9-31-13-16)30-7-4-17(5-8-30)32-21-3-2-15(24)11-18(21)25/h2-3,10-12,16-17H,4-9,13H2,1H3,(H,27,28). The minimum atomic E-state index is -0.680. The molecule has 168 valence electrons. The van der Waals surface area contributed by atoms with Crippen LogP contribution in [0.4, 0.5) is 20.4 Å². The number of piperidine rings is 1. The fourth-order valence-corrected chi connectivity index (χ4v) is 4.15. The van der Waals surface area contributed by atoms with Gasteiger partial charge in [-0.3, -0.25) is 4.98 Å². The number of pyridine rings is 1. The van der Waals surface area contributed by atoms with Crippen molar-refractivity contribution in [3.8, 4) is 5.75 Å². The smallest absolute Gasteiger partial charge is 0.172 e. The molecule has 0 saturated carbocycles. The zero-order chi connectivity index (χ0) is 22.1. The molecule has 5 rings (SSSR count). The van der Waals surface area contributed by atoms with Gasteiger partial charge in [0.2, 0.25) is 0 Å². The van der Waals surface area contributed by atoms with Gasteiger partial charge < -0.3 is 19.7 Å². The number of nitrogens with one attached hydrogen (secondary N) is 1. The lowest BCUT2D eigenvalue weighted by molar-refractivity contribution is 0.163. The Kier molecular flexibility index (Phi) is 5.73. The Morgan fingerprint density at radius 3 is 2.69 bits per heavy atom. The molecule has 0 amide bonds. The molecule has 7 nitrogen and oxygen atoms in total. The van der Waals surface area contributed by atoms with Gasteiger partial charge in [0.15, 0.2) is 23.2 Å². The Morgan fingerprint density at radius 2 is 1.94 bits per heavy atom. The molecule has 1 aromatic carbocycles. The van der Waals surface area contributed by atoms with E-state index in [-0.39, 0.29) is 17.9 Å². The highest BCUT2D eigenvalue weighted by Gasteiger charge is 2.26. The molecular weight excluding hydrogens is 416 g/mol. The van der Waals surface area contributed by atoms with Crippen LogP contribution in [0.5, 0.6) is 5.75 Å². The highest BCUT2D eigenvalue weighted by atomic mass is 19.1. The second-order valence-corrected chi connectivity index (χ2v) is 8.29. The van der Waals surface area contributed by atoms with Crippen LogP contribution < -0.4 is 15.0 Å². The molecule has 32 heavy (non-hydrogen) atoms. The largest absolute Gasteiger partial charge is 0.487 e. The van der Waals surface area contributed by atoms with Crippen LogP contribution in [-0.4, -0.2) is 53.4 Å². The summed E-state index contributed by atoms with van der Waals surface area (Å²) in [5, 5.41) is 3.51. The van der Waals surface area contributed by atoms with Gasteiger partial charge in [0, 0.05) is 44.3 Å². The van der Waals surface area contributed by atoms with Crippen molar-refractivity contribution in [3.63, 3.8) is 0 Å². The predicted molar refractivity (Wildman–Crippen MR) is 117 cm³/mol. The molecule has 2 aromatic heterocycles. The third-order valence-electron chi connectivity index (χ3n) is 5.87. The van der Waals surface area contributed by atoms with Crippen LogP contribution in [0.25, 0.3) is 11.0 Å². The number of halogens is 2. The normalized spacial score (nSPS) is 19.5. The molecular formula is C23H25F2N5O2. The third kappa shape index (κ3) is 4.43. The molecule has 2 aliphatic heterocycles. The molecule has 1 N–H and O–H groups in total. The van der Waals surface area contributed by atoms with E-state index in [1.165, 1.54) is 12.1 Å². The number of hydrogen-bond acceptors (Lipinski definition) is 7. The lowest BCUT2D eigenvalue weighted by Crippen LogP contribution is -2.39. The minimum absolute atomic E-state index is 0.0837. The quantitative estimate of drug-likeness (QED) is 0.645. The Bertz CT molecular complexity index is 1110. The lowest BCUT2D eigenvalue weighted by atomic mass is 10.1. The number of nitrogens with zero attached hydrogens (tertiary/aromatic N) is 4. The zero-order valence-electron chi connectivity index (χ0n) is 17.9. The van der Waals surface area contributed by atoms with E-state index in [0.717, 1.165) is 47.5 Å². The van der Waals surface area contributed by atoms with Gasteiger partial charge in [0.05, 0.1) is 24.4 Å². The van der Waals surface area contributed by atoms with Crippen molar-refractivity contribution in [1.29, 1.82) is 0 Å². The van der Waals surface area contributed by atoms with Gasteiger partial charge >= 0.3 is 0 Å². The van der Waals surface area contributed by atoms with Crippen molar-refractivity contribution in [3.05, 3.63) is 47.8 Å². The van der Waals surface area contributed by atoms with Crippen molar-refractivity contribution < 1.29 is 18.3 Å². The van der Waals surface area contributed by atoms with E-state index in [2.05, 4.69) is 15.2 Å². The van der Waals surface area contributed by atoms with Gasteiger partial charge in [0.25, 0.3) is 0 Å². The molecule has 2 saturated heterocycles. The number of aryl methyl sites for hydroxylation is 1. The zero-order valence-corrected chi connectivity index (χ0v) is 17.9. The average molecular weight is 441 g/mol. The van der Waals surface area contributed by atoms with E-state index in [0.29, 0.717) is 32.5 Å². The van der Waals surface area contributed by atoms with Crippen LogP contribution in [0.15, 0.2) is 30.5 Å². The molecule has 0 aliphatic carbocycles. The van der Waals surface area contributed by atoms with Gasteiger partial charge in [-0.15, -0.1) is 0 Å². The first kappa shape index (κ1) is 20.8. The van der Waals surface area contributed by atoms with E-state index in [4.69, 9.17) is 19.4 Å². The Hall–Kier alpha value is -3.07. The van der Waals surface area contributed by atoms with Gasteiger partial charge in [-0.25, -0.2) is 18.7 Å². The lowest BCUT2D eigenvalue weighted by Gasteiger charge is -2.34. The Balaban J connectivity index is 1.35. The van der Waals surface area contributed by atoms with Crippen molar-refractivity contribution >= 4 is 22.7 Å². The molecule has 1 atom stereocenters. The fourth-order valence-electron chi connectivity index (χ4n) is 4.15. The Morgan fingerprint density at radius 1 is 1.09 bits per heavy atom. The maximum Gasteiger partial charge on any atom is 0.172 e. The molecule has 2 aliphatic rings. The van der Waals surface area contributed by atoms with Gasteiger partial charge in [-0.2, -0.15) is 0 Å². The van der Waals surface area contributed by atoms with Crippen molar-refractivity contribution in [2.24, 2.45) is 0 Å². The second-order valence-electron chi connectivity index (χ2n) is 8.29. The highest BCUT2D eigenvalue weighted by Crippen LogP contribution is 2.30. The van der Waals surface area contributed by atoms with Crippen LogP contribution in [0.1, 0.15) is 25.0 Å². The maximum atomic E-state index is 14.0. The summed E-state index contributed by atoms with van der Waals surface area (Å²) in [7, 11) is 0. The predicted octanol–water partition coefficient (Wildman–Crippen LogP) is 3.86. The number of benzene rings is 1. The summed E-state index contributed by atoms with van der Waals surface area (Å²) in [5.74, 6) is 0.308. The SMILES string of the molecule is Cc1cc2nc(NC3CCOC3)c(N3CCC(Oc4ccc(F)cc4F)CC3)nc2cn1. The van der Waals surface area contributed by atoms with E-state index < -0.39 is 11.6 Å². The van der Waals surface area contributed by atoms with Crippen molar-refractivity contribution in [1.82, 2.24) is 15.0 Å². The van der Waals surface area contributed by atoms with Gasteiger partial charge in [-0.1, -0.05) is 0 Å². The first-order valence-corrected chi connectivity index (χ1v) is 10.9. The third-order valence-corrected chi connectivity index (χ3v) is 5.87. The van der Waals surface area contributed by atoms with Crippen LogP contribution in [-0.2, 0) is 4.74 Å². The van der Waals surface area contributed by atoms with Crippen molar-refractivity contribution in [2.75, 3.05) is 36.5 Å². The molecule has 1 unspecified atom stereocenters. The maximum absolute atomic E-state index is 14.0. The number of ether oxygens (including phenoxy) is 2. The highest BCUT2D eigenvalue weighted by molar-refractivity contribution is 5.80.